The Bertz CT molecular complexity index is 1170. The van der Waals surface area contributed by atoms with Crippen LogP contribution in [0, 0.1) is 0 Å². The predicted octanol–water partition coefficient (Wildman–Crippen LogP) is 2.17. The minimum absolute atomic E-state index is 0.0281. The molecule has 12 heteroatoms. The molecule has 0 aliphatic carbocycles. The summed E-state index contributed by atoms with van der Waals surface area (Å²) in [5.74, 6) is 1.18. The van der Waals surface area contributed by atoms with E-state index in [0.717, 1.165) is 49.4 Å². The number of hydrogen-bond acceptors (Lipinski definition) is 9. The van der Waals surface area contributed by atoms with Crippen LogP contribution in [0.1, 0.15) is 43.4 Å². The number of carbonyl (C=O) groups is 1. The van der Waals surface area contributed by atoms with Crippen molar-refractivity contribution >= 4 is 28.9 Å². The fourth-order valence-electron chi connectivity index (χ4n) is 4.52. The number of methoxy groups -OCH3 is 1. The minimum Gasteiger partial charge on any atom is -0.496 e. The summed E-state index contributed by atoms with van der Waals surface area (Å²) >= 11 is 0. The van der Waals surface area contributed by atoms with Crippen molar-refractivity contribution < 1.29 is 19.7 Å². The van der Waals surface area contributed by atoms with E-state index in [2.05, 4.69) is 55.4 Å². The van der Waals surface area contributed by atoms with Gasteiger partial charge < -0.3 is 30.9 Å². The minimum atomic E-state index is -1.25. The number of nitrogens with one attached hydrogen (secondary N) is 4. The molecule has 0 spiro atoms. The van der Waals surface area contributed by atoms with Gasteiger partial charge in [0.2, 0.25) is 5.95 Å². The Morgan fingerprint density at radius 2 is 2.17 bits per heavy atom. The summed E-state index contributed by atoms with van der Waals surface area (Å²) in [6.07, 6.45) is 2.62. The molecule has 6 N–H and O–H groups in total. The highest BCUT2D eigenvalue weighted by atomic mass is 16.5. The number of piperazine rings is 1. The standard InChI is InChI=1S/C24H34N8O4/c1-3-4-17(7-10-33)28-22-21-19(29-23(30-22)31-24(34)35)13-27-32(21)14-16-6-5-15(11-20(16)36-2)18-12-25-8-9-26-18/h5-6,11,13,17-18,25-26,33H,3-4,7-10,12,14H2,1-2H3,(H,34,35)(H2,28,29,30,31)/t17-,18?/m0/s1. The molecule has 1 fully saturated rings. The molecule has 3 heterocycles. The van der Waals surface area contributed by atoms with Crippen molar-refractivity contribution in [3.8, 4) is 5.75 Å². The highest BCUT2D eigenvalue weighted by Crippen LogP contribution is 2.29. The summed E-state index contributed by atoms with van der Waals surface area (Å²) in [6, 6.07) is 6.37. The van der Waals surface area contributed by atoms with Crippen LogP contribution < -0.4 is 26.0 Å². The quantitative estimate of drug-likeness (QED) is 0.231. The first-order chi connectivity index (χ1) is 17.5. The largest absolute Gasteiger partial charge is 0.496 e. The van der Waals surface area contributed by atoms with Crippen LogP contribution in [0.4, 0.5) is 16.6 Å². The van der Waals surface area contributed by atoms with Crippen LogP contribution in [-0.2, 0) is 6.54 Å². The zero-order chi connectivity index (χ0) is 25.5. The number of aromatic nitrogens is 4. The van der Waals surface area contributed by atoms with Crippen molar-refractivity contribution in [1.29, 1.82) is 0 Å². The molecular weight excluding hydrogens is 464 g/mol. The second kappa shape index (κ2) is 12.0. The van der Waals surface area contributed by atoms with Gasteiger partial charge in [-0.1, -0.05) is 25.5 Å². The number of rotatable bonds is 11. The van der Waals surface area contributed by atoms with Crippen molar-refractivity contribution in [3.63, 3.8) is 0 Å². The molecule has 0 bridgehead atoms. The van der Waals surface area contributed by atoms with Crippen molar-refractivity contribution in [2.75, 3.05) is 44.0 Å². The molecule has 2 atom stereocenters. The van der Waals surface area contributed by atoms with Gasteiger partial charge in [0, 0.05) is 43.9 Å². The first kappa shape index (κ1) is 25.6. The third-order valence-corrected chi connectivity index (χ3v) is 6.24. The van der Waals surface area contributed by atoms with Crippen molar-refractivity contribution in [1.82, 2.24) is 30.4 Å². The van der Waals surface area contributed by atoms with Crippen LogP contribution >= 0.6 is 0 Å². The molecular formula is C24H34N8O4. The topological polar surface area (TPSA) is 158 Å². The van der Waals surface area contributed by atoms with Gasteiger partial charge in [0.1, 0.15) is 16.8 Å². The number of hydrogen-bond donors (Lipinski definition) is 6. The van der Waals surface area contributed by atoms with Crippen molar-refractivity contribution in [3.05, 3.63) is 35.5 Å². The Balaban J connectivity index is 1.69. The number of carboxylic acid groups (broad SMARTS) is 1. The number of aliphatic hydroxyl groups excluding tert-OH is 1. The molecule has 1 saturated heterocycles. The van der Waals surface area contributed by atoms with Gasteiger partial charge in [0.15, 0.2) is 5.82 Å². The lowest BCUT2D eigenvalue weighted by atomic mass is 10.0. The molecule has 1 aromatic carbocycles. The molecule has 1 aliphatic heterocycles. The fraction of sp³-hybridized carbons (Fsp3) is 0.500. The van der Waals surface area contributed by atoms with Crippen LogP contribution in [-0.4, -0.2) is 75.4 Å². The number of fused-ring (bicyclic) bond motifs is 1. The van der Waals surface area contributed by atoms with Gasteiger partial charge in [-0.25, -0.2) is 9.78 Å². The summed E-state index contributed by atoms with van der Waals surface area (Å²) in [4.78, 5) is 20.0. The SMILES string of the molecule is CCC[C@@H](CCO)Nc1nc(NC(=O)O)nc2cnn(Cc3ccc(C4CNCCN4)cc3OC)c12. The molecule has 2 aromatic heterocycles. The second-order valence-corrected chi connectivity index (χ2v) is 8.79. The Labute approximate surface area is 209 Å². The summed E-state index contributed by atoms with van der Waals surface area (Å²) in [6.45, 7) is 5.23. The third kappa shape index (κ3) is 6.01. The average molecular weight is 499 g/mol. The van der Waals surface area contributed by atoms with Gasteiger partial charge in [-0.2, -0.15) is 10.1 Å². The maximum absolute atomic E-state index is 11.2. The number of aliphatic hydroxyl groups is 1. The van der Waals surface area contributed by atoms with E-state index in [1.807, 2.05) is 6.07 Å². The number of nitrogens with zero attached hydrogens (tertiary/aromatic N) is 4. The Kier molecular flexibility index (Phi) is 8.52. The zero-order valence-electron chi connectivity index (χ0n) is 20.6. The van der Waals surface area contributed by atoms with E-state index in [9.17, 15) is 9.90 Å². The highest BCUT2D eigenvalue weighted by Gasteiger charge is 2.20. The van der Waals surface area contributed by atoms with Crippen LogP contribution in [0.3, 0.4) is 0 Å². The lowest BCUT2D eigenvalue weighted by Gasteiger charge is -2.25. The smallest absolute Gasteiger partial charge is 0.411 e. The van der Waals surface area contributed by atoms with Crippen LogP contribution in [0.15, 0.2) is 24.4 Å². The van der Waals surface area contributed by atoms with Crippen molar-refractivity contribution in [2.24, 2.45) is 0 Å². The Morgan fingerprint density at radius 1 is 1.31 bits per heavy atom. The molecule has 0 radical (unpaired) electrons. The maximum Gasteiger partial charge on any atom is 0.411 e. The Morgan fingerprint density at radius 3 is 2.86 bits per heavy atom. The molecule has 1 unspecified atom stereocenters. The summed E-state index contributed by atoms with van der Waals surface area (Å²) in [5.41, 5.74) is 3.24. The predicted molar refractivity (Wildman–Crippen MR) is 137 cm³/mol. The van der Waals surface area contributed by atoms with Crippen LogP contribution in [0.25, 0.3) is 11.0 Å². The molecule has 36 heavy (non-hydrogen) atoms. The van der Waals surface area contributed by atoms with Crippen LogP contribution in [0.5, 0.6) is 5.75 Å². The number of anilines is 2. The van der Waals surface area contributed by atoms with E-state index in [1.165, 1.54) is 0 Å². The monoisotopic (exact) mass is 498 g/mol. The van der Waals surface area contributed by atoms with Gasteiger partial charge in [0.05, 0.1) is 19.9 Å². The van der Waals surface area contributed by atoms with E-state index in [4.69, 9.17) is 9.84 Å². The number of ether oxygens (including phenoxy) is 1. The zero-order valence-corrected chi connectivity index (χ0v) is 20.6. The molecule has 1 aliphatic rings. The number of benzene rings is 1. The van der Waals surface area contributed by atoms with Gasteiger partial charge >= 0.3 is 6.09 Å². The molecule has 194 valence electrons. The normalized spacial score (nSPS) is 16.6. The molecule has 12 nitrogen and oxygen atoms in total. The van der Waals surface area contributed by atoms with E-state index >= 15 is 0 Å². The summed E-state index contributed by atoms with van der Waals surface area (Å²) in [7, 11) is 1.65. The van der Waals surface area contributed by atoms with E-state index < -0.39 is 6.09 Å². The van der Waals surface area contributed by atoms with Gasteiger partial charge in [-0.05, 0) is 24.5 Å². The first-order valence-corrected chi connectivity index (χ1v) is 12.2. The van der Waals surface area contributed by atoms with E-state index in [1.54, 1.807) is 18.0 Å². The van der Waals surface area contributed by atoms with Crippen LogP contribution in [0.2, 0.25) is 0 Å². The fourth-order valence-corrected chi connectivity index (χ4v) is 4.52. The van der Waals surface area contributed by atoms with Crippen molar-refractivity contribution in [2.45, 2.75) is 44.8 Å². The lowest BCUT2D eigenvalue weighted by molar-refractivity contribution is 0.209. The molecule has 3 aromatic rings. The first-order valence-electron chi connectivity index (χ1n) is 12.2. The van der Waals surface area contributed by atoms with E-state index in [-0.39, 0.29) is 24.6 Å². The van der Waals surface area contributed by atoms with E-state index in [0.29, 0.717) is 29.8 Å². The number of amides is 1. The van der Waals surface area contributed by atoms with Gasteiger partial charge in [-0.15, -0.1) is 0 Å². The summed E-state index contributed by atoms with van der Waals surface area (Å²) < 4.78 is 7.50. The molecule has 4 rings (SSSR count). The Hall–Kier alpha value is -3.48. The van der Waals surface area contributed by atoms with Gasteiger partial charge in [-0.3, -0.25) is 10.00 Å². The van der Waals surface area contributed by atoms with Gasteiger partial charge in [0.25, 0.3) is 0 Å². The summed E-state index contributed by atoms with van der Waals surface area (Å²) in [5, 5.41) is 35.7. The molecule has 0 saturated carbocycles. The second-order valence-electron chi connectivity index (χ2n) is 8.79. The molecule has 1 amide bonds. The highest BCUT2D eigenvalue weighted by molar-refractivity contribution is 5.89. The lowest BCUT2D eigenvalue weighted by Crippen LogP contribution is -2.42. The maximum atomic E-state index is 11.2. The third-order valence-electron chi connectivity index (χ3n) is 6.24. The average Bonchev–Trinajstić information content (AvgIpc) is 3.27.